The molecule has 10 aromatic rings. The van der Waals surface area contributed by atoms with Gasteiger partial charge >= 0.3 is 0 Å². The fourth-order valence-electron chi connectivity index (χ4n) is 8.79. The second kappa shape index (κ2) is 18.8. The molecule has 0 amide bonds. The fraction of sp³-hybridized carbons (Fsp3) is 0.228. The topological polar surface area (TPSA) is 69.6 Å². The van der Waals surface area contributed by atoms with Gasteiger partial charge in [-0.1, -0.05) is 144 Å². The zero-order chi connectivity index (χ0) is 44.7. The molecular weight excluding hydrogens is 991 g/mol. The van der Waals surface area contributed by atoms with Gasteiger partial charge in [0.25, 0.3) is 0 Å². The number of imidazole rings is 1. The maximum absolute atomic E-state index is 6.51. The van der Waals surface area contributed by atoms with Gasteiger partial charge in [-0.3, -0.25) is 4.98 Å². The van der Waals surface area contributed by atoms with Crippen LogP contribution in [0.15, 0.2) is 144 Å². The van der Waals surface area contributed by atoms with E-state index >= 15 is 0 Å². The van der Waals surface area contributed by atoms with Crippen LogP contribution in [0.2, 0.25) is 19.6 Å². The minimum atomic E-state index is -1.34. The minimum absolute atomic E-state index is 0. The Balaban J connectivity index is 0.000000232. The second-order valence-electron chi connectivity index (χ2n) is 18.9. The van der Waals surface area contributed by atoms with Crippen molar-refractivity contribution in [2.75, 3.05) is 0 Å². The van der Waals surface area contributed by atoms with Crippen LogP contribution in [0.1, 0.15) is 70.1 Å². The van der Waals surface area contributed by atoms with E-state index in [1.165, 1.54) is 33.0 Å². The van der Waals surface area contributed by atoms with Crippen molar-refractivity contribution in [3.63, 3.8) is 0 Å². The van der Waals surface area contributed by atoms with Crippen LogP contribution in [-0.4, -0.2) is 32.6 Å². The standard InChI is InChI=1S/C39H31N4O.C18H24NSi.Ir/c1-23(2)30-21-26(25-13-6-5-7-14-25)22-31(24(3)4)35(30)43-38(42-37-39(43)41-33-19-10-9-18-32(33)40-37)29-17-12-16-28-27-15-8-11-20-34(27)44-36(28)29;1-14(2)11-16-12-17(15-9-7-6-8-10-15)19-13-18(16)20(3,4)5;/h5-16,18-24H,1-4H3;6-9,12-14H,11H2,1-5H3;/q2*-1;. The van der Waals surface area contributed by atoms with Crippen LogP contribution < -0.4 is 5.19 Å². The van der Waals surface area contributed by atoms with Crippen LogP contribution >= 0.6 is 0 Å². The van der Waals surface area contributed by atoms with Gasteiger partial charge in [0.1, 0.15) is 5.58 Å². The number of benzene rings is 6. The van der Waals surface area contributed by atoms with Crippen LogP contribution in [0.4, 0.5) is 0 Å². The maximum atomic E-state index is 6.51. The molecule has 0 aliphatic carbocycles. The summed E-state index contributed by atoms with van der Waals surface area (Å²) < 4.78 is 8.72. The first-order chi connectivity index (χ1) is 30.9. The number of fused-ring (bicyclic) bond motifs is 5. The van der Waals surface area contributed by atoms with E-state index in [9.17, 15) is 0 Å². The summed E-state index contributed by atoms with van der Waals surface area (Å²) >= 11 is 0. The SMILES string of the molecule is CC(C)Cc1cc(-c2[c-]cccc2)ncc1[Si](C)(C)C.CC(C)c1cc(-c2ccccc2)cc(C(C)C)c1-n1c(-c2[c-]ccc3c2oc2ccccc23)nc2nc3ccccc3nc21.[Ir]. The molecule has 4 aromatic heterocycles. The van der Waals surface area contributed by atoms with Gasteiger partial charge in [0.2, 0.25) is 0 Å². The predicted molar refractivity (Wildman–Crippen MR) is 269 cm³/mol. The molecule has 0 aliphatic rings. The summed E-state index contributed by atoms with van der Waals surface area (Å²) in [6.45, 7) is 20.7. The van der Waals surface area contributed by atoms with Gasteiger partial charge in [0.05, 0.1) is 30.5 Å². The zero-order valence-corrected chi connectivity index (χ0v) is 42.1. The zero-order valence-electron chi connectivity index (χ0n) is 38.7. The van der Waals surface area contributed by atoms with Crippen molar-refractivity contribution in [3.8, 4) is 39.5 Å². The first-order valence-electron chi connectivity index (χ1n) is 22.5. The van der Waals surface area contributed by atoms with Gasteiger partial charge in [-0.05, 0) is 87.6 Å². The van der Waals surface area contributed by atoms with Crippen molar-refractivity contribution in [2.24, 2.45) is 5.92 Å². The molecule has 0 atom stereocenters. The fourth-order valence-corrected chi connectivity index (χ4v) is 10.4. The summed E-state index contributed by atoms with van der Waals surface area (Å²) in [5.74, 6) is 1.85. The molecule has 0 fully saturated rings. The van der Waals surface area contributed by atoms with Gasteiger partial charge in [0.15, 0.2) is 11.3 Å². The predicted octanol–water partition coefficient (Wildman–Crippen LogP) is 14.5. The average molecular weight is 1050 g/mol. The Hall–Kier alpha value is -6.05. The van der Waals surface area contributed by atoms with Crippen molar-refractivity contribution in [2.45, 2.75) is 79.4 Å². The summed E-state index contributed by atoms with van der Waals surface area (Å²) in [5.41, 5.74) is 14.9. The molecule has 6 aromatic carbocycles. The van der Waals surface area contributed by atoms with E-state index in [1.54, 1.807) is 0 Å². The Morgan fingerprint density at radius 1 is 0.646 bits per heavy atom. The largest absolute Gasteiger partial charge is 0.501 e. The first kappa shape index (κ1) is 45.5. The monoisotopic (exact) mass is 1050 g/mol. The quantitative estimate of drug-likeness (QED) is 0.106. The smallest absolute Gasteiger partial charge is 0.188 e. The summed E-state index contributed by atoms with van der Waals surface area (Å²) in [4.78, 5) is 20.1. The van der Waals surface area contributed by atoms with Crippen molar-refractivity contribution in [3.05, 3.63) is 168 Å². The molecule has 0 saturated carbocycles. The molecule has 0 spiro atoms. The van der Waals surface area contributed by atoms with Crippen molar-refractivity contribution >= 4 is 57.5 Å². The molecule has 0 saturated heterocycles. The Morgan fingerprint density at radius 2 is 1.31 bits per heavy atom. The Bertz CT molecular complexity index is 3250. The number of nitrogens with zero attached hydrogens (tertiary/aromatic N) is 5. The Kier molecular flexibility index (Phi) is 13.2. The van der Waals surface area contributed by atoms with Crippen LogP contribution in [0.25, 0.3) is 83.7 Å². The minimum Gasteiger partial charge on any atom is -0.501 e. The van der Waals surface area contributed by atoms with E-state index in [0.717, 1.165) is 73.4 Å². The van der Waals surface area contributed by atoms with Crippen LogP contribution in [0.3, 0.4) is 0 Å². The third-order valence-electron chi connectivity index (χ3n) is 11.9. The third-order valence-corrected chi connectivity index (χ3v) is 14.0. The molecule has 8 heteroatoms. The third kappa shape index (κ3) is 9.13. The average Bonchev–Trinajstić information content (AvgIpc) is 3.86. The van der Waals surface area contributed by atoms with Crippen molar-refractivity contribution in [1.29, 1.82) is 0 Å². The molecular formula is C57H55IrN5OSi-2. The molecule has 4 heterocycles. The summed E-state index contributed by atoms with van der Waals surface area (Å²) in [6.07, 6.45) is 3.24. The first-order valence-corrected chi connectivity index (χ1v) is 26.0. The summed E-state index contributed by atoms with van der Waals surface area (Å²) in [7, 11) is -1.34. The van der Waals surface area contributed by atoms with E-state index in [4.69, 9.17) is 19.4 Å². The van der Waals surface area contributed by atoms with Gasteiger partial charge in [0, 0.05) is 37.4 Å². The van der Waals surface area contributed by atoms with Crippen LogP contribution in [-0.2, 0) is 26.5 Å². The van der Waals surface area contributed by atoms with Crippen molar-refractivity contribution in [1.82, 2.24) is 24.5 Å². The maximum Gasteiger partial charge on any atom is 0.188 e. The number of para-hydroxylation sites is 3. The normalized spacial score (nSPS) is 11.8. The van der Waals surface area contributed by atoms with Crippen molar-refractivity contribution < 1.29 is 24.5 Å². The number of aromatic nitrogens is 5. The van der Waals surface area contributed by atoms with Gasteiger partial charge in [-0.2, -0.15) is 0 Å². The Morgan fingerprint density at radius 3 is 1.97 bits per heavy atom. The molecule has 0 unspecified atom stereocenters. The molecule has 0 N–H and O–H groups in total. The van der Waals surface area contributed by atoms with E-state index in [-0.39, 0.29) is 31.9 Å². The summed E-state index contributed by atoms with van der Waals surface area (Å²) in [6, 6.07) is 52.6. The number of hydrogen-bond acceptors (Lipinski definition) is 5. The van der Waals surface area contributed by atoms with Crippen LogP contribution in [0, 0.1) is 18.1 Å². The molecule has 10 rings (SSSR count). The molecule has 6 nitrogen and oxygen atoms in total. The molecule has 1 radical (unpaired) electrons. The number of furan rings is 1. The van der Waals surface area contributed by atoms with Gasteiger partial charge < -0.3 is 14.0 Å². The van der Waals surface area contributed by atoms with E-state index in [1.807, 2.05) is 66.7 Å². The number of hydrogen-bond donors (Lipinski definition) is 0. The van der Waals surface area contributed by atoms with Gasteiger partial charge in [-0.15, -0.1) is 54.1 Å². The van der Waals surface area contributed by atoms with Crippen LogP contribution in [0.5, 0.6) is 0 Å². The summed E-state index contributed by atoms with van der Waals surface area (Å²) in [5, 5.41) is 3.60. The Labute approximate surface area is 397 Å². The molecule has 0 bridgehead atoms. The molecule has 329 valence electrons. The molecule has 0 aliphatic heterocycles. The number of pyridine rings is 1. The van der Waals surface area contributed by atoms with E-state index in [2.05, 4.69) is 156 Å². The second-order valence-corrected chi connectivity index (χ2v) is 23.9. The molecule has 65 heavy (non-hydrogen) atoms. The van der Waals surface area contributed by atoms with E-state index in [0.29, 0.717) is 11.6 Å². The van der Waals surface area contributed by atoms with E-state index < -0.39 is 8.07 Å². The number of rotatable bonds is 9. The van der Waals surface area contributed by atoms with Gasteiger partial charge in [-0.25, -0.2) is 9.97 Å².